The Morgan fingerprint density at radius 2 is 1.89 bits per heavy atom. The summed E-state index contributed by atoms with van der Waals surface area (Å²) in [4.78, 5) is 23.9. The Labute approximate surface area is 113 Å². The highest BCUT2D eigenvalue weighted by molar-refractivity contribution is 5.74. The number of hydrogen-bond donors (Lipinski definition) is 3. The number of likely N-dealkylation sites (tertiary alicyclic amines) is 1. The average Bonchev–Trinajstić information content (AvgIpc) is 2.41. The van der Waals surface area contributed by atoms with Crippen LogP contribution in [-0.4, -0.2) is 53.4 Å². The SMILES string of the molecule is O=C(O)CCCNC(=O)N1CCC(CCCO)CC1. The van der Waals surface area contributed by atoms with Gasteiger partial charge < -0.3 is 20.4 Å². The number of rotatable bonds is 7. The van der Waals surface area contributed by atoms with Crippen molar-refractivity contribution in [3.05, 3.63) is 0 Å². The highest BCUT2D eigenvalue weighted by Gasteiger charge is 2.21. The fraction of sp³-hybridized carbons (Fsp3) is 0.846. The van der Waals surface area contributed by atoms with Gasteiger partial charge in [-0.3, -0.25) is 4.79 Å². The minimum Gasteiger partial charge on any atom is -0.481 e. The van der Waals surface area contributed by atoms with Gasteiger partial charge in [-0.1, -0.05) is 0 Å². The predicted octanol–water partition coefficient (Wildman–Crippen LogP) is 1.05. The van der Waals surface area contributed by atoms with E-state index in [2.05, 4.69) is 5.32 Å². The third-order valence-electron chi connectivity index (χ3n) is 3.52. The van der Waals surface area contributed by atoms with E-state index in [0.29, 0.717) is 18.9 Å². The molecule has 1 rings (SSSR count). The summed E-state index contributed by atoms with van der Waals surface area (Å²) >= 11 is 0. The zero-order valence-electron chi connectivity index (χ0n) is 11.3. The Morgan fingerprint density at radius 3 is 2.47 bits per heavy atom. The van der Waals surface area contributed by atoms with E-state index < -0.39 is 5.97 Å². The molecule has 0 aliphatic carbocycles. The summed E-state index contributed by atoms with van der Waals surface area (Å²) in [5.41, 5.74) is 0. The molecule has 0 atom stereocenters. The van der Waals surface area contributed by atoms with Crippen molar-refractivity contribution in [1.29, 1.82) is 0 Å². The number of carbonyl (C=O) groups is 2. The van der Waals surface area contributed by atoms with E-state index >= 15 is 0 Å². The lowest BCUT2D eigenvalue weighted by Gasteiger charge is -2.32. The van der Waals surface area contributed by atoms with Crippen LogP contribution < -0.4 is 5.32 Å². The standard InChI is InChI=1S/C13H24N2O4/c16-10-2-3-11-5-8-15(9-6-11)13(19)14-7-1-4-12(17)18/h11,16H,1-10H2,(H,14,19)(H,17,18). The van der Waals surface area contributed by atoms with Crippen LogP contribution in [-0.2, 0) is 4.79 Å². The van der Waals surface area contributed by atoms with Gasteiger partial charge in [-0.05, 0) is 38.0 Å². The van der Waals surface area contributed by atoms with Gasteiger partial charge in [0, 0.05) is 32.7 Å². The summed E-state index contributed by atoms with van der Waals surface area (Å²) in [5.74, 6) is -0.220. The van der Waals surface area contributed by atoms with Gasteiger partial charge in [0.25, 0.3) is 0 Å². The second-order valence-corrected chi connectivity index (χ2v) is 5.03. The van der Waals surface area contributed by atoms with Crippen molar-refractivity contribution in [2.24, 2.45) is 5.92 Å². The number of hydrogen-bond acceptors (Lipinski definition) is 3. The van der Waals surface area contributed by atoms with Crippen molar-refractivity contribution < 1.29 is 19.8 Å². The molecule has 110 valence electrons. The maximum absolute atomic E-state index is 11.8. The first-order valence-electron chi connectivity index (χ1n) is 6.99. The number of aliphatic hydroxyl groups is 1. The minimum absolute atomic E-state index is 0.0868. The van der Waals surface area contributed by atoms with Gasteiger partial charge in [0.1, 0.15) is 0 Å². The molecule has 1 saturated heterocycles. The molecule has 3 N–H and O–H groups in total. The lowest BCUT2D eigenvalue weighted by Crippen LogP contribution is -2.44. The molecular formula is C13H24N2O4. The Hall–Kier alpha value is -1.30. The first-order chi connectivity index (χ1) is 9.13. The molecule has 2 amide bonds. The Kier molecular flexibility index (Phi) is 7.25. The van der Waals surface area contributed by atoms with Crippen molar-refractivity contribution in [1.82, 2.24) is 10.2 Å². The number of carboxylic acid groups (broad SMARTS) is 1. The Bertz CT molecular complexity index is 288. The Balaban J connectivity index is 2.12. The molecule has 19 heavy (non-hydrogen) atoms. The number of carbonyl (C=O) groups excluding carboxylic acids is 1. The summed E-state index contributed by atoms with van der Waals surface area (Å²) in [6.07, 6.45) is 4.40. The number of nitrogens with one attached hydrogen (secondary N) is 1. The van der Waals surface area contributed by atoms with Crippen LogP contribution in [0.1, 0.15) is 38.5 Å². The highest BCUT2D eigenvalue weighted by Crippen LogP contribution is 2.21. The zero-order chi connectivity index (χ0) is 14.1. The average molecular weight is 272 g/mol. The second kappa shape index (κ2) is 8.74. The molecule has 0 spiro atoms. The van der Waals surface area contributed by atoms with Gasteiger partial charge in [0.15, 0.2) is 0 Å². The molecule has 0 saturated carbocycles. The fourth-order valence-electron chi connectivity index (χ4n) is 2.35. The van der Waals surface area contributed by atoms with Gasteiger partial charge in [0.05, 0.1) is 0 Å². The molecular weight excluding hydrogens is 248 g/mol. The van der Waals surface area contributed by atoms with Crippen molar-refractivity contribution in [3.8, 4) is 0 Å². The number of carboxylic acids is 1. The van der Waals surface area contributed by atoms with E-state index in [0.717, 1.165) is 38.8 Å². The van der Waals surface area contributed by atoms with Crippen LogP contribution >= 0.6 is 0 Å². The van der Waals surface area contributed by atoms with Crippen LogP contribution in [0.3, 0.4) is 0 Å². The van der Waals surface area contributed by atoms with Gasteiger partial charge in [-0.2, -0.15) is 0 Å². The highest BCUT2D eigenvalue weighted by atomic mass is 16.4. The summed E-state index contributed by atoms with van der Waals surface area (Å²) < 4.78 is 0. The Morgan fingerprint density at radius 1 is 1.21 bits per heavy atom. The molecule has 6 nitrogen and oxygen atoms in total. The largest absolute Gasteiger partial charge is 0.481 e. The molecule has 1 aliphatic heterocycles. The van der Waals surface area contributed by atoms with E-state index in [9.17, 15) is 9.59 Å². The third-order valence-corrected chi connectivity index (χ3v) is 3.52. The smallest absolute Gasteiger partial charge is 0.317 e. The summed E-state index contributed by atoms with van der Waals surface area (Å²) in [6.45, 7) is 2.15. The van der Waals surface area contributed by atoms with Crippen LogP contribution in [0, 0.1) is 5.92 Å². The third kappa shape index (κ3) is 6.42. The van der Waals surface area contributed by atoms with Gasteiger partial charge in [-0.15, -0.1) is 0 Å². The van der Waals surface area contributed by atoms with E-state index in [1.165, 1.54) is 0 Å². The maximum atomic E-state index is 11.8. The summed E-state index contributed by atoms with van der Waals surface area (Å²) in [6, 6.07) is -0.0917. The number of amides is 2. The molecule has 0 unspecified atom stereocenters. The summed E-state index contributed by atoms with van der Waals surface area (Å²) in [7, 11) is 0. The van der Waals surface area contributed by atoms with Crippen molar-refractivity contribution in [2.75, 3.05) is 26.2 Å². The van der Waals surface area contributed by atoms with Gasteiger partial charge in [-0.25, -0.2) is 4.79 Å². The molecule has 0 aromatic heterocycles. The van der Waals surface area contributed by atoms with E-state index in [1.54, 1.807) is 4.90 Å². The lowest BCUT2D eigenvalue weighted by molar-refractivity contribution is -0.137. The normalized spacial score (nSPS) is 16.4. The molecule has 6 heteroatoms. The number of aliphatic hydroxyl groups excluding tert-OH is 1. The number of piperidine rings is 1. The van der Waals surface area contributed by atoms with E-state index in [-0.39, 0.29) is 19.1 Å². The van der Waals surface area contributed by atoms with E-state index in [4.69, 9.17) is 10.2 Å². The molecule has 1 fully saturated rings. The van der Waals surface area contributed by atoms with Gasteiger partial charge in [0.2, 0.25) is 0 Å². The quantitative estimate of drug-likeness (QED) is 0.604. The molecule has 1 heterocycles. The molecule has 0 aromatic carbocycles. The number of urea groups is 1. The lowest BCUT2D eigenvalue weighted by atomic mass is 9.92. The van der Waals surface area contributed by atoms with Crippen LogP contribution in [0.25, 0.3) is 0 Å². The summed E-state index contributed by atoms with van der Waals surface area (Å²) in [5, 5.41) is 20.0. The van der Waals surface area contributed by atoms with Crippen molar-refractivity contribution >= 4 is 12.0 Å². The first kappa shape index (κ1) is 15.8. The number of aliphatic carboxylic acids is 1. The number of nitrogens with zero attached hydrogens (tertiary/aromatic N) is 1. The van der Waals surface area contributed by atoms with Gasteiger partial charge >= 0.3 is 12.0 Å². The van der Waals surface area contributed by atoms with Crippen molar-refractivity contribution in [2.45, 2.75) is 38.5 Å². The molecule has 0 radical (unpaired) electrons. The van der Waals surface area contributed by atoms with Crippen LogP contribution in [0.5, 0.6) is 0 Å². The van der Waals surface area contributed by atoms with Crippen LogP contribution in [0.4, 0.5) is 4.79 Å². The first-order valence-corrected chi connectivity index (χ1v) is 6.99. The molecule has 0 bridgehead atoms. The molecule has 1 aliphatic rings. The maximum Gasteiger partial charge on any atom is 0.317 e. The topological polar surface area (TPSA) is 89.9 Å². The molecule has 0 aromatic rings. The zero-order valence-corrected chi connectivity index (χ0v) is 11.3. The van der Waals surface area contributed by atoms with Crippen LogP contribution in [0.2, 0.25) is 0 Å². The van der Waals surface area contributed by atoms with Crippen molar-refractivity contribution in [3.63, 3.8) is 0 Å². The minimum atomic E-state index is -0.834. The predicted molar refractivity (Wildman–Crippen MR) is 70.9 cm³/mol. The monoisotopic (exact) mass is 272 g/mol. The fourth-order valence-corrected chi connectivity index (χ4v) is 2.35. The van der Waals surface area contributed by atoms with E-state index in [1.807, 2.05) is 0 Å². The second-order valence-electron chi connectivity index (χ2n) is 5.03. The van der Waals surface area contributed by atoms with Crippen LogP contribution in [0.15, 0.2) is 0 Å².